The Balaban J connectivity index is 1.42. The molecule has 2 aromatic rings. The number of benzene rings is 1. The Morgan fingerprint density at radius 2 is 1.74 bits per heavy atom. The Hall–Kier alpha value is -1.87. The zero-order valence-electron chi connectivity index (χ0n) is 13.7. The molecule has 1 N–H and O–H groups in total. The van der Waals surface area contributed by atoms with E-state index < -0.39 is 0 Å². The molecule has 2 fully saturated rings. The third-order valence-electron chi connectivity index (χ3n) is 5.40. The summed E-state index contributed by atoms with van der Waals surface area (Å²) in [5.41, 5.74) is 2.87. The molecule has 1 aromatic carbocycles. The van der Waals surface area contributed by atoms with Gasteiger partial charge in [0.05, 0.1) is 0 Å². The lowest BCUT2D eigenvalue weighted by Crippen LogP contribution is -2.47. The second kappa shape index (κ2) is 6.32. The van der Waals surface area contributed by atoms with Crippen molar-refractivity contribution in [3.05, 3.63) is 59.8 Å². The molecule has 3 nitrogen and oxygen atoms in total. The van der Waals surface area contributed by atoms with Gasteiger partial charge in [-0.15, -0.1) is 0 Å². The van der Waals surface area contributed by atoms with E-state index in [4.69, 9.17) is 0 Å². The fourth-order valence-electron chi connectivity index (χ4n) is 3.78. The van der Waals surface area contributed by atoms with Crippen molar-refractivity contribution in [2.24, 2.45) is 0 Å². The molecule has 2 heterocycles. The normalized spacial score (nSPS) is 19.6. The average Bonchev–Trinajstić information content (AvgIpc) is 3.10. The van der Waals surface area contributed by atoms with Crippen LogP contribution in [0.3, 0.4) is 0 Å². The van der Waals surface area contributed by atoms with Crippen molar-refractivity contribution in [1.82, 2.24) is 10.3 Å². The number of aromatic nitrogens is 1. The zero-order chi connectivity index (χ0) is 15.5. The Morgan fingerprint density at radius 3 is 2.35 bits per heavy atom. The maximum atomic E-state index is 4.66. The molecule has 1 aliphatic heterocycles. The van der Waals surface area contributed by atoms with Crippen molar-refractivity contribution in [2.45, 2.75) is 44.2 Å². The summed E-state index contributed by atoms with van der Waals surface area (Å²) in [6, 6.07) is 15.3. The van der Waals surface area contributed by atoms with E-state index in [0.717, 1.165) is 25.5 Å². The Bertz CT molecular complexity index is 626. The summed E-state index contributed by atoms with van der Waals surface area (Å²) < 4.78 is 0. The van der Waals surface area contributed by atoms with Gasteiger partial charge in [-0.1, -0.05) is 36.4 Å². The van der Waals surface area contributed by atoms with Gasteiger partial charge in [-0.25, -0.2) is 4.98 Å². The number of rotatable bonds is 5. The Morgan fingerprint density at radius 1 is 0.957 bits per heavy atom. The monoisotopic (exact) mass is 307 g/mol. The first kappa shape index (κ1) is 14.7. The highest BCUT2D eigenvalue weighted by Gasteiger charge is 2.37. The van der Waals surface area contributed by atoms with Crippen LogP contribution in [0.25, 0.3) is 0 Å². The van der Waals surface area contributed by atoms with E-state index in [0.29, 0.717) is 0 Å². The molecule has 120 valence electrons. The second-order valence-corrected chi connectivity index (χ2v) is 6.87. The van der Waals surface area contributed by atoms with Gasteiger partial charge in [-0.3, -0.25) is 0 Å². The Labute approximate surface area is 138 Å². The standard InChI is InChI=1S/C20H25N3/c1-2-7-18(8-3-1)20(11-6-12-20)22-16-17-9-10-19(21-15-17)23-13-4-5-14-23/h1-3,7-10,15,22H,4-6,11-14,16H2. The number of pyridine rings is 1. The van der Waals surface area contributed by atoms with Gasteiger partial charge in [0.25, 0.3) is 0 Å². The van der Waals surface area contributed by atoms with Gasteiger partial charge >= 0.3 is 0 Å². The van der Waals surface area contributed by atoms with Crippen molar-refractivity contribution in [2.75, 3.05) is 18.0 Å². The first-order valence-electron chi connectivity index (χ1n) is 8.86. The summed E-state index contributed by atoms with van der Waals surface area (Å²) in [4.78, 5) is 7.05. The third kappa shape index (κ3) is 2.98. The largest absolute Gasteiger partial charge is 0.357 e. The highest BCUT2D eigenvalue weighted by atomic mass is 15.2. The number of nitrogens with zero attached hydrogens (tertiary/aromatic N) is 2. The lowest BCUT2D eigenvalue weighted by molar-refractivity contribution is 0.183. The molecule has 1 saturated carbocycles. The first-order chi connectivity index (χ1) is 11.4. The quantitative estimate of drug-likeness (QED) is 0.909. The molecular weight excluding hydrogens is 282 g/mol. The minimum absolute atomic E-state index is 0.175. The van der Waals surface area contributed by atoms with Crippen LogP contribution in [0.1, 0.15) is 43.2 Å². The highest BCUT2D eigenvalue weighted by Crippen LogP contribution is 2.41. The molecule has 0 atom stereocenters. The van der Waals surface area contributed by atoms with Crippen molar-refractivity contribution >= 4 is 5.82 Å². The summed E-state index contributed by atoms with van der Waals surface area (Å²) in [7, 11) is 0. The van der Waals surface area contributed by atoms with Crippen LogP contribution < -0.4 is 10.2 Å². The molecule has 0 unspecified atom stereocenters. The molecule has 2 aliphatic rings. The van der Waals surface area contributed by atoms with E-state index in [9.17, 15) is 0 Å². The highest BCUT2D eigenvalue weighted by molar-refractivity contribution is 5.40. The first-order valence-corrected chi connectivity index (χ1v) is 8.86. The Kier molecular flexibility index (Phi) is 4.04. The van der Waals surface area contributed by atoms with E-state index in [1.807, 2.05) is 6.20 Å². The minimum atomic E-state index is 0.175. The molecule has 0 spiro atoms. The van der Waals surface area contributed by atoms with E-state index in [1.54, 1.807) is 0 Å². The molecule has 1 saturated heterocycles. The van der Waals surface area contributed by atoms with E-state index in [-0.39, 0.29) is 5.54 Å². The summed E-state index contributed by atoms with van der Waals surface area (Å²) in [6.45, 7) is 3.20. The van der Waals surface area contributed by atoms with Gasteiger partial charge in [0.15, 0.2) is 0 Å². The van der Waals surface area contributed by atoms with Gasteiger partial charge in [-0.2, -0.15) is 0 Å². The predicted octanol–water partition coefficient (Wildman–Crippen LogP) is 3.85. The number of hydrogen-bond acceptors (Lipinski definition) is 3. The predicted molar refractivity (Wildman–Crippen MR) is 94.5 cm³/mol. The van der Waals surface area contributed by atoms with E-state index >= 15 is 0 Å². The number of anilines is 1. The van der Waals surface area contributed by atoms with Crippen LogP contribution in [0.2, 0.25) is 0 Å². The van der Waals surface area contributed by atoms with Crippen LogP contribution in [0.4, 0.5) is 5.82 Å². The van der Waals surface area contributed by atoms with Crippen LogP contribution in [0.5, 0.6) is 0 Å². The SMILES string of the molecule is c1ccc(C2(NCc3ccc(N4CCCC4)nc3)CCC2)cc1. The van der Waals surface area contributed by atoms with Gasteiger partial charge in [0.1, 0.15) is 5.82 Å². The molecule has 4 rings (SSSR count). The average molecular weight is 307 g/mol. The van der Waals surface area contributed by atoms with Crippen LogP contribution in [0.15, 0.2) is 48.7 Å². The lowest BCUT2D eigenvalue weighted by atomic mass is 9.72. The maximum Gasteiger partial charge on any atom is 0.128 e. The van der Waals surface area contributed by atoms with Gasteiger partial charge < -0.3 is 10.2 Å². The lowest BCUT2D eigenvalue weighted by Gasteiger charge is -2.43. The molecule has 1 aliphatic carbocycles. The summed E-state index contributed by atoms with van der Waals surface area (Å²) in [5, 5.41) is 3.80. The van der Waals surface area contributed by atoms with Crippen molar-refractivity contribution < 1.29 is 0 Å². The fraction of sp³-hybridized carbons (Fsp3) is 0.450. The molecule has 3 heteroatoms. The minimum Gasteiger partial charge on any atom is -0.357 e. The molecule has 0 radical (unpaired) electrons. The number of nitrogens with one attached hydrogen (secondary N) is 1. The molecule has 0 amide bonds. The fourth-order valence-corrected chi connectivity index (χ4v) is 3.78. The molecule has 0 bridgehead atoms. The molecule has 23 heavy (non-hydrogen) atoms. The van der Waals surface area contributed by atoms with E-state index in [2.05, 4.69) is 57.7 Å². The van der Waals surface area contributed by atoms with Crippen molar-refractivity contribution in [1.29, 1.82) is 0 Å². The maximum absolute atomic E-state index is 4.66. The van der Waals surface area contributed by atoms with Gasteiger partial charge in [0, 0.05) is 31.4 Å². The van der Waals surface area contributed by atoms with Crippen LogP contribution in [0, 0.1) is 0 Å². The van der Waals surface area contributed by atoms with Crippen LogP contribution in [-0.2, 0) is 12.1 Å². The summed E-state index contributed by atoms with van der Waals surface area (Å²) >= 11 is 0. The molecular formula is C20H25N3. The summed E-state index contributed by atoms with van der Waals surface area (Å²) in [6.07, 6.45) is 8.41. The van der Waals surface area contributed by atoms with E-state index in [1.165, 1.54) is 43.2 Å². The van der Waals surface area contributed by atoms with Crippen molar-refractivity contribution in [3.8, 4) is 0 Å². The number of hydrogen-bond donors (Lipinski definition) is 1. The molecule has 1 aromatic heterocycles. The van der Waals surface area contributed by atoms with Crippen LogP contribution in [-0.4, -0.2) is 18.1 Å². The second-order valence-electron chi connectivity index (χ2n) is 6.87. The summed E-state index contributed by atoms with van der Waals surface area (Å²) in [5.74, 6) is 1.13. The van der Waals surface area contributed by atoms with Crippen LogP contribution >= 0.6 is 0 Å². The van der Waals surface area contributed by atoms with Crippen molar-refractivity contribution in [3.63, 3.8) is 0 Å². The third-order valence-corrected chi connectivity index (χ3v) is 5.40. The topological polar surface area (TPSA) is 28.2 Å². The van der Waals surface area contributed by atoms with Gasteiger partial charge in [-0.05, 0) is 49.3 Å². The zero-order valence-corrected chi connectivity index (χ0v) is 13.7. The smallest absolute Gasteiger partial charge is 0.128 e. The van der Waals surface area contributed by atoms with Gasteiger partial charge in [0.2, 0.25) is 0 Å².